The van der Waals surface area contributed by atoms with E-state index in [1.165, 1.54) is 23.0 Å². The zero-order chi connectivity index (χ0) is 13.3. The first kappa shape index (κ1) is 11.9. The molecule has 0 saturated carbocycles. The van der Waals surface area contributed by atoms with E-state index in [9.17, 15) is 14.7 Å². The van der Waals surface area contributed by atoms with Crippen LogP contribution in [0.1, 0.15) is 21.1 Å². The first-order valence-electron chi connectivity index (χ1n) is 5.15. The SMILES string of the molecule is Cn1cc(NC(=O)c2nccn2C)cc1C(=O)[O-]. The van der Waals surface area contributed by atoms with E-state index in [0.717, 1.165) is 0 Å². The highest BCUT2D eigenvalue weighted by molar-refractivity contribution is 6.02. The molecule has 0 unspecified atom stereocenters. The predicted molar refractivity (Wildman–Crippen MR) is 60.9 cm³/mol. The minimum Gasteiger partial charge on any atom is -0.543 e. The highest BCUT2D eigenvalue weighted by Crippen LogP contribution is 2.13. The van der Waals surface area contributed by atoms with Crippen molar-refractivity contribution in [3.63, 3.8) is 0 Å². The molecule has 7 heteroatoms. The van der Waals surface area contributed by atoms with Crippen LogP contribution in [0.2, 0.25) is 0 Å². The van der Waals surface area contributed by atoms with Crippen molar-refractivity contribution in [1.82, 2.24) is 14.1 Å². The topological polar surface area (TPSA) is 92.0 Å². The quantitative estimate of drug-likeness (QED) is 0.782. The van der Waals surface area contributed by atoms with Gasteiger partial charge in [-0.2, -0.15) is 0 Å². The van der Waals surface area contributed by atoms with Gasteiger partial charge < -0.3 is 24.4 Å². The molecule has 0 bridgehead atoms. The van der Waals surface area contributed by atoms with Gasteiger partial charge in [-0.05, 0) is 6.07 Å². The lowest BCUT2D eigenvalue weighted by molar-refractivity contribution is -0.255. The second-order valence-electron chi connectivity index (χ2n) is 3.83. The monoisotopic (exact) mass is 247 g/mol. The second kappa shape index (κ2) is 4.36. The number of aromatic carboxylic acids is 1. The lowest BCUT2D eigenvalue weighted by Gasteiger charge is -2.02. The normalized spacial score (nSPS) is 10.3. The van der Waals surface area contributed by atoms with E-state index in [0.29, 0.717) is 5.69 Å². The van der Waals surface area contributed by atoms with Gasteiger partial charge in [-0.25, -0.2) is 4.98 Å². The maximum Gasteiger partial charge on any atom is 0.291 e. The number of amides is 1. The molecule has 0 atom stereocenters. The van der Waals surface area contributed by atoms with Crippen LogP contribution in [0.4, 0.5) is 5.69 Å². The number of imidazole rings is 1. The number of hydrogen-bond donors (Lipinski definition) is 1. The van der Waals surface area contributed by atoms with Crippen LogP contribution >= 0.6 is 0 Å². The molecular formula is C11H11N4O3-. The molecule has 0 fully saturated rings. The van der Waals surface area contributed by atoms with E-state index >= 15 is 0 Å². The number of aromatic nitrogens is 3. The Hall–Kier alpha value is -2.57. The van der Waals surface area contributed by atoms with E-state index in [4.69, 9.17) is 0 Å². The van der Waals surface area contributed by atoms with Crippen molar-refractivity contribution in [1.29, 1.82) is 0 Å². The van der Waals surface area contributed by atoms with Crippen LogP contribution in [0.5, 0.6) is 0 Å². The molecule has 2 aromatic rings. The number of rotatable bonds is 3. The number of hydrogen-bond acceptors (Lipinski definition) is 4. The Labute approximate surface area is 103 Å². The van der Waals surface area contributed by atoms with Crippen LogP contribution in [0.25, 0.3) is 0 Å². The summed E-state index contributed by atoms with van der Waals surface area (Å²) in [4.78, 5) is 26.5. The third-order valence-electron chi connectivity index (χ3n) is 2.50. The number of aryl methyl sites for hydroxylation is 2. The number of anilines is 1. The minimum atomic E-state index is -1.30. The van der Waals surface area contributed by atoms with Crippen molar-refractivity contribution in [2.24, 2.45) is 14.1 Å². The van der Waals surface area contributed by atoms with Crippen LogP contribution in [-0.4, -0.2) is 26.0 Å². The average molecular weight is 247 g/mol. The molecule has 0 aliphatic rings. The summed E-state index contributed by atoms with van der Waals surface area (Å²) >= 11 is 0. The molecule has 94 valence electrons. The fourth-order valence-corrected chi connectivity index (χ4v) is 1.61. The van der Waals surface area contributed by atoms with Gasteiger partial charge in [0.1, 0.15) is 0 Å². The van der Waals surface area contributed by atoms with Crippen LogP contribution in [0, 0.1) is 0 Å². The van der Waals surface area contributed by atoms with E-state index in [1.54, 1.807) is 24.9 Å². The van der Waals surface area contributed by atoms with Gasteiger partial charge in [-0.1, -0.05) is 0 Å². The van der Waals surface area contributed by atoms with E-state index in [2.05, 4.69) is 10.3 Å². The Morgan fingerprint density at radius 3 is 2.56 bits per heavy atom. The zero-order valence-corrected chi connectivity index (χ0v) is 9.88. The lowest BCUT2D eigenvalue weighted by Crippen LogP contribution is -2.24. The van der Waals surface area contributed by atoms with Gasteiger partial charge in [0.2, 0.25) is 0 Å². The summed E-state index contributed by atoms with van der Waals surface area (Å²) in [7, 11) is 3.25. The van der Waals surface area contributed by atoms with Gasteiger partial charge in [0.15, 0.2) is 5.82 Å². The number of carboxylic acid groups (broad SMARTS) is 1. The Bertz CT molecular complexity index is 612. The smallest absolute Gasteiger partial charge is 0.291 e. The molecule has 0 spiro atoms. The lowest BCUT2D eigenvalue weighted by atomic mass is 10.4. The molecular weight excluding hydrogens is 236 g/mol. The number of carboxylic acids is 1. The van der Waals surface area contributed by atoms with Crippen molar-refractivity contribution in [2.45, 2.75) is 0 Å². The fourth-order valence-electron chi connectivity index (χ4n) is 1.61. The molecule has 0 aromatic carbocycles. The molecule has 1 amide bonds. The Morgan fingerprint density at radius 1 is 1.33 bits per heavy atom. The van der Waals surface area contributed by atoms with E-state index < -0.39 is 11.9 Å². The Balaban J connectivity index is 2.20. The van der Waals surface area contributed by atoms with E-state index in [1.807, 2.05) is 0 Å². The first-order chi connectivity index (χ1) is 8.49. The van der Waals surface area contributed by atoms with Gasteiger partial charge in [0.05, 0.1) is 17.4 Å². The first-order valence-corrected chi connectivity index (χ1v) is 5.15. The second-order valence-corrected chi connectivity index (χ2v) is 3.83. The summed E-state index contributed by atoms with van der Waals surface area (Å²) in [5, 5.41) is 13.3. The van der Waals surface area contributed by atoms with Crippen molar-refractivity contribution < 1.29 is 14.7 Å². The highest BCUT2D eigenvalue weighted by atomic mass is 16.4. The van der Waals surface area contributed by atoms with Gasteiger partial charge >= 0.3 is 0 Å². The standard InChI is InChI=1S/C11H12N4O3/c1-14-4-3-12-9(14)10(16)13-7-5-8(11(17)18)15(2)6-7/h3-6H,1-2H3,(H,13,16)(H,17,18)/p-1. The van der Waals surface area contributed by atoms with Gasteiger partial charge in [0.25, 0.3) is 5.91 Å². The van der Waals surface area contributed by atoms with Gasteiger partial charge in [-0.3, -0.25) is 4.79 Å². The molecule has 0 saturated heterocycles. The maximum atomic E-state index is 11.8. The van der Waals surface area contributed by atoms with Crippen LogP contribution in [0.3, 0.4) is 0 Å². The van der Waals surface area contributed by atoms with E-state index in [-0.39, 0.29) is 11.5 Å². The minimum absolute atomic E-state index is 0.00913. The van der Waals surface area contributed by atoms with Crippen molar-refractivity contribution in [3.8, 4) is 0 Å². The number of nitrogens with one attached hydrogen (secondary N) is 1. The number of carbonyl (C=O) groups excluding carboxylic acids is 2. The summed E-state index contributed by atoms with van der Waals surface area (Å²) in [5.74, 6) is -1.46. The van der Waals surface area contributed by atoms with Crippen LogP contribution in [0.15, 0.2) is 24.7 Å². The Morgan fingerprint density at radius 2 is 2.06 bits per heavy atom. The zero-order valence-electron chi connectivity index (χ0n) is 9.88. The number of nitrogens with zero attached hydrogens (tertiary/aromatic N) is 3. The van der Waals surface area contributed by atoms with Gasteiger partial charge in [0, 0.05) is 32.7 Å². The maximum absolute atomic E-state index is 11.8. The third-order valence-corrected chi connectivity index (χ3v) is 2.50. The molecule has 2 aromatic heterocycles. The van der Waals surface area contributed by atoms with Crippen molar-refractivity contribution >= 4 is 17.6 Å². The molecule has 0 aliphatic heterocycles. The highest BCUT2D eigenvalue weighted by Gasteiger charge is 2.12. The average Bonchev–Trinajstić information content (AvgIpc) is 2.84. The molecule has 7 nitrogen and oxygen atoms in total. The summed E-state index contributed by atoms with van der Waals surface area (Å²) in [5.41, 5.74) is 0.370. The summed E-state index contributed by atoms with van der Waals surface area (Å²) in [6, 6.07) is 1.33. The molecule has 18 heavy (non-hydrogen) atoms. The van der Waals surface area contributed by atoms with Crippen molar-refractivity contribution in [3.05, 3.63) is 36.2 Å². The molecule has 0 aliphatic carbocycles. The summed E-state index contributed by atoms with van der Waals surface area (Å²) in [6.07, 6.45) is 4.64. The summed E-state index contributed by atoms with van der Waals surface area (Å²) in [6.45, 7) is 0. The molecule has 2 heterocycles. The molecule has 2 rings (SSSR count). The largest absolute Gasteiger partial charge is 0.543 e. The summed E-state index contributed by atoms with van der Waals surface area (Å²) < 4.78 is 2.93. The van der Waals surface area contributed by atoms with Crippen molar-refractivity contribution in [2.75, 3.05) is 5.32 Å². The Kier molecular flexibility index (Phi) is 2.88. The van der Waals surface area contributed by atoms with Crippen LogP contribution < -0.4 is 10.4 Å². The molecule has 1 N–H and O–H groups in total. The predicted octanol–water partition coefficient (Wildman–Crippen LogP) is -0.626. The fraction of sp³-hybridized carbons (Fsp3) is 0.182. The number of carbonyl (C=O) groups is 2. The third kappa shape index (κ3) is 2.10. The van der Waals surface area contributed by atoms with Crippen LogP contribution in [-0.2, 0) is 14.1 Å². The molecule has 0 radical (unpaired) electrons. The van der Waals surface area contributed by atoms with Gasteiger partial charge in [-0.15, -0.1) is 0 Å².